The van der Waals surface area contributed by atoms with Gasteiger partial charge in [0.2, 0.25) is 0 Å². The average Bonchev–Trinajstić information content (AvgIpc) is 3.51. The number of para-hydroxylation sites is 4. The first-order valence-electron chi connectivity index (χ1n) is 13.9. The second kappa shape index (κ2) is 8.72. The first-order chi connectivity index (χ1) is 19.7. The van der Waals surface area contributed by atoms with Gasteiger partial charge in [-0.1, -0.05) is 97.1 Å². The van der Waals surface area contributed by atoms with Crippen LogP contribution in [0.1, 0.15) is 11.1 Å². The van der Waals surface area contributed by atoms with Crippen molar-refractivity contribution in [1.29, 1.82) is 0 Å². The highest BCUT2D eigenvalue weighted by Gasteiger charge is 2.18. The van der Waals surface area contributed by atoms with Gasteiger partial charge in [0.1, 0.15) is 0 Å². The van der Waals surface area contributed by atoms with E-state index in [1.807, 2.05) is 0 Å². The molecule has 2 aromatic heterocycles. The topological polar surface area (TPSA) is 9.86 Å². The Balaban J connectivity index is 1.38. The lowest BCUT2D eigenvalue weighted by Crippen LogP contribution is -2.01. The lowest BCUT2D eigenvalue weighted by Gasteiger charge is -2.19. The molecule has 0 fully saturated rings. The fourth-order valence-corrected chi connectivity index (χ4v) is 6.68. The van der Waals surface area contributed by atoms with Gasteiger partial charge in [0.15, 0.2) is 0 Å². The zero-order valence-electron chi connectivity index (χ0n) is 22.6. The van der Waals surface area contributed by atoms with Gasteiger partial charge >= 0.3 is 0 Å². The zero-order chi connectivity index (χ0) is 26.8. The molecule has 0 radical (unpaired) electrons. The summed E-state index contributed by atoms with van der Waals surface area (Å²) in [6.45, 7) is 4.53. The lowest BCUT2D eigenvalue weighted by molar-refractivity contribution is 1.14. The Morgan fingerprint density at radius 1 is 0.325 bits per heavy atom. The Bertz CT molecular complexity index is 1970. The van der Waals surface area contributed by atoms with Crippen molar-refractivity contribution in [3.63, 3.8) is 0 Å². The van der Waals surface area contributed by atoms with E-state index >= 15 is 0 Å². The maximum absolute atomic E-state index is 2.43. The normalized spacial score (nSPS) is 11.8. The van der Waals surface area contributed by atoms with E-state index in [4.69, 9.17) is 0 Å². The lowest BCUT2D eigenvalue weighted by atomic mass is 9.94. The smallest absolute Gasteiger partial charge is 0.0541 e. The van der Waals surface area contributed by atoms with Crippen molar-refractivity contribution < 1.29 is 0 Å². The SMILES string of the molecule is Cc1c(-c2cccc(-n3c4ccccc4c4ccccc43)c2C)cccc1-n1c2ccccc2c2ccccc21. The van der Waals surface area contributed by atoms with Gasteiger partial charge in [-0.3, -0.25) is 0 Å². The first-order valence-corrected chi connectivity index (χ1v) is 13.9. The third kappa shape index (κ3) is 3.17. The zero-order valence-corrected chi connectivity index (χ0v) is 22.6. The molecule has 2 heterocycles. The fourth-order valence-electron chi connectivity index (χ4n) is 6.68. The van der Waals surface area contributed by atoms with E-state index in [2.05, 4.69) is 156 Å². The van der Waals surface area contributed by atoms with E-state index in [9.17, 15) is 0 Å². The van der Waals surface area contributed by atoms with Crippen LogP contribution in [0.5, 0.6) is 0 Å². The van der Waals surface area contributed by atoms with Crippen molar-refractivity contribution in [2.24, 2.45) is 0 Å². The van der Waals surface area contributed by atoms with Gasteiger partial charge in [-0.2, -0.15) is 0 Å². The number of benzene rings is 6. The number of nitrogens with zero attached hydrogens (tertiary/aromatic N) is 2. The van der Waals surface area contributed by atoms with Gasteiger partial charge in [-0.25, -0.2) is 0 Å². The number of aromatic nitrogens is 2. The highest BCUT2D eigenvalue weighted by atomic mass is 15.0. The fraction of sp³-hybridized carbons (Fsp3) is 0.0526. The summed E-state index contributed by atoms with van der Waals surface area (Å²) in [5.74, 6) is 0. The van der Waals surface area contributed by atoms with Crippen LogP contribution in [-0.4, -0.2) is 9.13 Å². The van der Waals surface area contributed by atoms with E-state index in [0.29, 0.717) is 0 Å². The highest BCUT2D eigenvalue weighted by Crippen LogP contribution is 2.39. The minimum absolute atomic E-state index is 1.22. The van der Waals surface area contributed by atoms with E-state index < -0.39 is 0 Å². The number of rotatable bonds is 3. The quantitative estimate of drug-likeness (QED) is 0.223. The van der Waals surface area contributed by atoms with Gasteiger partial charge < -0.3 is 9.13 Å². The summed E-state index contributed by atoms with van der Waals surface area (Å²) in [5.41, 5.74) is 12.5. The van der Waals surface area contributed by atoms with E-state index in [-0.39, 0.29) is 0 Å². The van der Waals surface area contributed by atoms with Crippen molar-refractivity contribution in [3.05, 3.63) is 145 Å². The molecule has 0 amide bonds. The number of fused-ring (bicyclic) bond motifs is 6. The standard InChI is InChI=1S/C38H28N2/c1-25-27(17-11-23-33(25)39-35-19-7-3-13-29(35)30-14-4-8-20-36(30)39)28-18-12-24-34(26(28)2)40-37-21-9-5-15-31(37)32-16-6-10-22-38(32)40/h3-24H,1-2H3. The van der Waals surface area contributed by atoms with E-state index in [1.54, 1.807) is 0 Å². The largest absolute Gasteiger partial charge is 0.309 e. The molecule has 40 heavy (non-hydrogen) atoms. The highest BCUT2D eigenvalue weighted by molar-refractivity contribution is 6.10. The van der Waals surface area contributed by atoms with Crippen molar-refractivity contribution in [2.45, 2.75) is 13.8 Å². The molecular weight excluding hydrogens is 484 g/mol. The molecule has 0 bridgehead atoms. The second-order valence-corrected chi connectivity index (χ2v) is 10.6. The maximum Gasteiger partial charge on any atom is 0.0541 e. The molecule has 0 saturated carbocycles. The van der Waals surface area contributed by atoms with Crippen LogP contribution in [0.4, 0.5) is 0 Å². The second-order valence-electron chi connectivity index (χ2n) is 10.6. The third-order valence-corrected chi connectivity index (χ3v) is 8.54. The van der Waals surface area contributed by atoms with Crippen molar-refractivity contribution >= 4 is 43.6 Å². The molecule has 190 valence electrons. The van der Waals surface area contributed by atoms with Crippen molar-refractivity contribution in [3.8, 4) is 22.5 Å². The molecular formula is C38H28N2. The molecule has 2 nitrogen and oxygen atoms in total. The van der Waals surface area contributed by atoms with Crippen molar-refractivity contribution in [2.75, 3.05) is 0 Å². The van der Waals surface area contributed by atoms with Crippen LogP contribution in [0.3, 0.4) is 0 Å². The molecule has 0 aliphatic rings. The summed E-state index contributed by atoms with van der Waals surface area (Å²) in [6.07, 6.45) is 0. The molecule has 8 aromatic rings. The van der Waals surface area contributed by atoms with Gasteiger partial charge in [0.05, 0.1) is 22.1 Å². The number of hydrogen-bond acceptors (Lipinski definition) is 0. The minimum Gasteiger partial charge on any atom is -0.309 e. The third-order valence-electron chi connectivity index (χ3n) is 8.54. The molecule has 0 unspecified atom stereocenters. The summed E-state index contributed by atoms with van der Waals surface area (Å²) in [7, 11) is 0. The molecule has 6 aromatic carbocycles. The Morgan fingerprint density at radius 2 is 0.625 bits per heavy atom. The first kappa shape index (κ1) is 22.9. The minimum atomic E-state index is 1.22. The Hall–Kier alpha value is -5.08. The van der Waals surface area contributed by atoms with Crippen molar-refractivity contribution in [1.82, 2.24) is 9.13 Å². The maximum atomic E-state index is 2.43. The molecule has 0 saturated heterocycles. The van der Waals surface area contributed by atoms with Crippen LogP contribution in [0.25, 0.3) is 66.1 Å². The van der Waals surface area contributed by atoms with Crippen LogP contribution in [-0.2, 0) is 0 Å². The van der Waals surface area contributed by atoms with Crippen LogP contribution < -0.4 is 0 Å². The van der Waals surface area contributed by atoms with Gasteiger partial charge in [0.25, 0.3) is 0 Å². The van der Waals surface area contributed by atoms with Crippen LogP contribution >= 0.6 is 0 Å². The molecule has 0 aliphatic heterocycles. The summed E-state index contributed by atoms with van der Waals surface area (Å²) in [4.78, 5) is 0. The van der Waals surface area contributed by atoms with Crippen LogP contribution in [0.2, 0.25) is 0 Å². The van der Waals surface area contributed by atoms with Crippen LogP contribution in [0.15, 0.2) is 133 Å². The van der Waals surface area contributed by atoms with E-state index in [1.165, 1.54) is 77.2 Å². The van der Waals surface area contributed by atoms with Gasteiger partial charge in [-0.05, 0) is 72.5 Å². The summed E-state index contributed by atoms with van der Waals surface area (Å²) >= 11 is 0. The summed E-state index contributed by atoms with van der Waals surface area (Å²) in [6, 6.07) is 48.4. The molecule has 0 atom stereocenters. The Morgan fingerprint density at radius 3 is 0.950 bits per heavy atom. The van der Waals surface area contributed by atoms with Gasteiger partial charge in [-0.15, -0.1) is 0 Å². The molecule has 2 heteroatoms. The van der Waals surface area contributed by atoms with E-state index in [0.717, 1.165) is 0 Å². The molecule has 0 aliphatic carbocycles. The number of hydrogen-bond donors (Lipinski definition) is 0. The van der Waals surface area contributed by atoms with Gasteiger partial charge in [0, 0.05) is 32.9 Å². The summed E-state index contributed by atoms with van der Waals surface area (Å²) < 4.78 is 4.85. The predicted molar refractivity (Wildman–Crippen MR) is 170 cm³/mol. The predicted octanol–water partition coefficient (Wildman–Crippen LogP) is 10.2. The molecule has 0 N–H and O–H groups in total. The van der Waals surface area contributed by atoms with Crippen LogP contribution in [0, 0.1) is 13.8 Å². The Kier molecular flexibility index (Phi) is 4.99. The average molecular weight is 513 g/mol. The summed E-state index contributed by atoms with van der Waals surface area (Å²) in [5, 5.41) is 5.14. The monoisotopic (exact) mass is 512 g/mol. The molecule has 8 rings (SSSR count). The Labute approximate surface area is 233 Å². The molecule has 0 spiro atoms.